The van der Waals surface area contributed by atoms with Gasteiger partial charge in [-0.05, 0) is 24.9 Å². The highest BCUT2D eigenvalue weighted by molar-refractivity contribution is 5.24. The van der Waals surface area contributed by atoms with Gasteiger partial charge in [-0.3, -0.25) is 0 Å². The zero-order valence-corrected chi connectivity index (χ0v) is 10.7. The van der Waals surface area contributed by atoms with Gasteiger partial charge >= 0.3 is 0 Å². The van der Waals surface area contributed by atoms with Gasteiger partial charge in [0.15, 0.2) is 5.82 Å². The summed E-state index contributed by atoms with van der Waals surface area (Å²) in [6.45, 7) is 2.78. The average molecular weight is 245 g/mol. The van der Waals surface area contributed by atoms with Gasteiger partial charge in [0.2, 0.25) is 5.89 Å². The minimum atomic E-state index is 0.185. The lowest BCUT2D eigenvalue weighted by Gasteiger charge is -2.09. The zero-order chi connectivity index (χ0) is 12.8. The van der Waals surface area contributed by atoms with E-state index in [0.29, 0.717) is 12.4 Å². The van der Waals surface area contributed by atoms with Crippen molar-refractivity contribution in [2.75, 3.05) is 6.54 Å². The van der Waals surface area contributed by atoms with Gasteiger partial charge in [0.05, 0.1) is 5.92 Å². The Labute approximate surface area is 107 Å². The number of aryl methyl sites for hydroxylation is 1. The van der Waals surface area contributed by atoms with E-state index in [-0.39, 0.29) is 5.92 Å². The average Bonchev–Trinajstić information content (AvgIpc) is 2.87. The van der Waals surface area contributed by atoms with E-state index >= 15 is 0 Å². The summed E-state index contributed by atoms with van der Waals surface area (Å²) in [4.78, 5) is 4.46. The van der Waals surface area contributed by atoms with Gasteiger partial charge < -0.3 is 10.3 Å². The van der Waals surface area contributed by atoms with Crippen LogP contribution in [0.25, 0.3) is 0 Å². The van der Waals surface area contributed by atoms with Crippen LogP contribution in [0, 0.1) is 0 Å². The molecular weight excluding hydrogens is 226 g/mol. The number of nitrogens with two attached hydrogens (primary N) is 1. The van der Waals surface area contributed by atoms with Crippen LogP contribution >= 0.6 is 0 Å². The molecule has 0 amide bonds. The van der Waals surface area contributed by atoms with Crippen LogP contribution in [0.3, 0.4) is 0 Å². The molecule has 2 rings (SSSR count). The zero-order valence-electron chi connectivity index (χ0n) is 10.7. The molecule has 4 nitrogen and oxygen atoms in total. The Balaban J connectivity index is 2.15. The highest BCUT2D eigenvalue weighted by atomic mass is 16.5. The first-order chi connectivity index (χ1) is 8.85. The van der Waals surface area contributed by atoms with Crippen LogP contribution < -0.4 is 5.73 Å². The van der Waals surface area contributed by atoms with Crippen molar-refractivity contribution < 1.29 is 4.52 Å². The highest BCUT2D eigenvalue weighted by Crippen LogP contribution is 2.26. The fraction of sp³-hybridized carbons (Fsp3) is 0.429. The number of rotatable bonds is 6. The van der Waals surface area contributed by atoms with E-state index in [4.69, 9.17) is 10.3 Å². The van der Waals surface area contributed by atoms with E-state index in [0.717, 1.165) is 25.1 Å². The summed E-state index contributed by atoms with van der Waals surface area (Å²) >= 11 is 0. The van der Waals surface area contributed by atoms with Crippen LogP contribution in [-0.2, 0) is 6.42 Å². The van der Waals surface area contributed by atoms with E-state index in [2.05, 4.69) is 29.2 Å². The lowest BCUT2D eigenvalue weighted by atomic mass is 9.96. The quantitative estimate of drug-likeness (QED) is 0.849. The van der Waals surface area contributed by atoms with E-state index < -0.39 is 0 Å². The molecule has 0 spiro atoms. The molecule has 0 aliphatic carbocycles. The minimum Gasteiger partial charge on any atom is -0.339 e. The van der Waals surface area contributed by atoms with E-state index in [9.17, 15) is 0 Å². The fourth-order valence-electron chi connectivity index (χ4n) is 2.01. The summed E-state index contributed by atoms with van der Waals surface area (Å²) < 4.78 is 5.37. The van der Waals surface area contributed by atoms with Crippen molar-refractivity contribution in [3.63, 3.8) is 0 Å². The molecule has 96 valence electrons. The van der Waals surface area contributed by atoms with E-state index in [1.165, 1.54) is 5.56 Å². The number of aromatic nitrogens is 2. The second-order valence-corrected chi connectivity index (χ2v) is 4.31. The molecule has 1 unspecified atom stereocenters. The maximum absolute atomic E-state index is 5.47. The van der Waals surface area contributed by atoms with Crippen molar-refractivity contribution >= 4 is 0 Å². The van der Waals surface area contributed by atoms with Crippen molar-refractivity contribution in [2.24, 2.45) is 5.73 Å². The molecular formula is C14H19N3O. The minimum absolute atomic E-state index is 0.185. The standard InChI is InChI=1S/C14H19N3O/c1-2-12(11-7-4-3-5-8-11)14-16-13(17-18-14)9-6-10-15/h3-5,7-8,12H,2,6,9-10,15H2,1H3. The predicted molar refractivity (Wildman–Crippen MR) is 70.2 cm³/mol. The number of benzene rings is 1. The Morgan fingerprint density at radius 3 is 2.72 bits per heavy atom. The number of hydrogen-bond acceptors (Lipinski definition) is 4. The molecule has 0 radical (unpaired) electrons. The van der Waals surface area contributed by atoms with Crippen LogP contribution in [0.15, 0.2) is 34.9 Å². The van der Waals surface area contributed by atoms with Gasteiger partial charge in [-0.15, -0.1) is 0 Å². The normalized spacial score (nSPS) is 12.6. The second-order valence-electron chi connectivity index (χ2n) is 4.31. The number of nitrogens with zero attached hydrogens (tertiary/aromatic N) is 2. The SMILES string of the molecule is CCC(c1ccccc1)c1nc(CCCN)no1. The van der Waals surface area contributed by atoms with Crippen molar-refractivity contribution in [3.8, 4) is 0 Å². The van der Waals surface area contributed by atoms with Crippen molar-refractivity contribution in [1.82, 2.24) is 10.1 Å². The summed E-state index contributed by atoms with van der Waals surface area (Å²) in [5, 5.41) is 4.01. The predicted octanol–water partition coefficient (Wildman–Crippen LogP) is 2.50. The first-order valence-corrected chi connectivity index (χ1v) is 6.42. The van der Waals surface area contributed by atoms with Crippen LogP contribution in [0.5, 0.6) is 0 Å². The van der Waals surface area contributed by atoms with E-state index in [1.807, 2.05) is 18.2 Å². The third kappa shape index (κ3) is 2.96. The van der Waals surface area contributed by atoms with Gasteiger partial charge in [0.25, 0.3) is 0 Å². The molecule has 2 aromatic rings. The monoisotopic (exact) mass is 245 g/mol. The Bertz CT molecular complexity index is 467. The molecule has 0 bridgehead atoms. The molecule has 0 fully saturated rings. The Hall–Kier alpha value is -1.68. The summed E-state index contributed by atoms with van der Waals surface area (Å²) in [7, 11) is 0. The summed E-state index contributed by atoms with van der Waals surface area (Å²) in [5.74, 6) is 1.64. The van der Waals surface area contributed by atoms with Crippen molar-refractivity contribution in [2.45, 2.75) is 32.1 Å². The molecule has 1 aromatic heterocycles. The molecule has 0 saturated heterocycles. The Kier molecular flexibility index (Phi) is 4.47. The smallest absolute Gasteiger partial charge is 0.234 e. The molecule has 1 heterocycles. The van der Waals surface area contributed by atoms with E-state index in [1.54, 1.807) is 0 Å². The van der Waals surface area contributed by atoms with Gasteiger partial charge in [-0.1, -0.05) is 42.4 Å². The topological polar surface area (TPSA) is 64.9 Å². The van der Waals surface area contributed by atoms with Crippen LogP contribution in [0.1, 0.15) is 43.0 Å². The Morgan fingerprint density at radius 1 is 1.28 bits per heavy atom. The summed E-state index contributed by atoms with van der Waals surface area (Å²) in [6.07, 6.45) is 2.62. The molecule has 1 aromatic carbocycles. The van der Waals surface area contributed by atoms with Gasteiger partial charge in [-0.2, -0.15) is 4.98 Å². The number of hydrogen-bond donors (Lipinski definition) is 1. The molecule has 0 aliphatic heterocycles. The maximum atomic E-state index is 5.47. The first kappa shape index (κ1) is 12.8. The Morgan fingerprint density at radius 2 is 2.06 bits per heavy atom. The van der Waals surface area contributed by atoms with Gasteiger partial charge in [0, 0.05) is 6.42 Å². The first-order valence-electron chi connectivity index (χ1n) is 6.42. The fourth-order valence-corrected chi connectivity index (χ4v) is 2.01. The lowest BCUT2D eigenvalue weighted by Crippen LogP contribution is -2.02. The van der Waals surface area contributed by atoms with Crippen molar-refractivity contribution in [3.05, 3.63) is 47.6 Å². The third-order valence-corrected chi connectivity index (χ3v) is 3.00. The third-order valence-electron chi connectivity index (χ3n) is 3.00. The molecule has 4 heteroatoms. The maximum Gasteiger partial charge on any atom is 0.234 e. The second kappa shape index (κ2) is 6.31. The molecule has 0 aliphatic rings. The van der Waals surface area contributed by atoms with Gasteiger partial charge in [-0.25, -0.2) is 0 Å². The molecule has 1 atom stereocenters. The van der Waals surface area contributed by atoms with Crippen molar-refractivity contribution in [1.29, 1.82) is 0 Å². The molecule has 0 saturated carbocycles. The molecule has 2 N–H and O–H groups in total. The van der Waals surface area contributed by atoms with Crippen LogP contribution in [0.2, 0.25) is 0 Å². The largest absolute Gasteiger partial charge is 0.339 e. The van der Waals surface area contributed by atoms with Crippen LogP contribution in [-0.4, -0.2) is 16.7 Å². The highest BCUT2D eigenvalue weighted by Gasteiger charge is 2.18. The summed E-state index contributed by atoms with van der Waals surface area (Å²) in [6, 6.07) is 10.3. The van der Waals surface area contributed by atoms with Gasteiger partial charge in [0.1, 0.15) is 0 Å². The lowest BCUT2D eigenvalue weighted by molar-refractivity contribution is 0.358. The van der Waals surface area contributed by atoms with Crippen LogP contribution in [0.4, 0.5) is 0 Å². The summed E-state index contributed by atoms with van der Waals surface area (Å²) in [5.41, 5.74) is 6.69. The molecule has 18 heavy (non-hydrogen) atoms.